The zero-order valence-electron chi connectivity index (χ0n) is 8.83. The molecule has 0 aliphatic heterocycles. The number of allylic oxidation sites excluding steroid dienone is 4. The van der Waals surface area contributed by atoms with Crippen LogP contribution in [0.1, 0.15) is 39.0 Å². The third kappa shape index (κ3) is 2.83. The molecule has 0 saturated heterocycles. The number of ketones is 1. The summed E-state index contributed by atoms with van der Waals surface area (Å²) in [5, 5.41) is 0. The van der Waals surface area contributed by atoms with E-state index in [1.54, 1.807) is 6.08 Å². The predicted octanol–water partition coefficient (Wildman–Crippen LogP) is 3.27. The van der Waals surface area contributed by atoms with Gasteiger partial charge < -0.3 is 0 Å². The number of carbonyl (C=O) groups excluding carboxylic acids is 1. The summed E-state index contributed by atoms with van der Waals surface area (Å²) in [6.45, 7) is 2.07. The zero-order valence-corrected chi connectivity index (χ0v) is 8.83. The average molecular weight is 190 g/mol. The summed E-state index contributed by atoms with van der Waals surface area (Å²) in [6, 6.07) is 0. The molecule has 0 heterocycles. The van der Waals surface area contributed by atoms with E-state index in [4.69, 9.17) is 0 Å². The van der Waals surface area contributed by atoms with Crippen molar-refractivity contribution >= 4 is 5.78 Å². The molecule has 0 bridgehead atoms. The van der Waals surface area contributed by atoms with Crippen LogP contribution in [0.2, 0.25) is 0 Å². The molecule has 0 aromatic heterocycles. The number of hydrogen-bond acceptors (Lipinski definition) is 1. The Labute approximate surface area is 85.9 Å². The number of carbonyl (C=O) groups is 1. The zero-order chi connectivity index (χ0) is 9.97. The smallest absolute Gasteiger partial charge is 0.181 e. The van der Waals surface area contributed by atoms with Crippen molar-refractivity contribution in [1.29, 1.82) is 0 Å². The Balaban J connectivity index is 1.91. The maximum atomic E-state index is 11.7. The highest BCUT2D eigenvalue weighted by atomic mass is 16.1. The first-order chi connectivity index (χ1) is 6.79. The maximum absolute atomic E-state index is 11.7. The van der Waals surface area contributed by atoms with Gasteiger partial charge in [-0.25, -0.2) is 0 Å². The Bertz CT molecular complexity index is 278. The molecule has 0 N–H and O–H groups in total. The highest BCUT2D eigenvalue weighted by Gasteiger charge is 2.21. The second-order valence-electron chi connectivity index (χ2n) is 4.44. The van der Waals surface area contributed by atoms with Gasteiger partial charge in [0.15, 0.2) is 5.78 Å². The molecular formula is C13H18O. The summed E-state index contributed by atoms with van der Waals surface area (Å²) < 4.78 is 0. The fourth-order valence-electron chi connectivity index (χ4n) is 1.54. The Morgan fingerprint density at radius 2 is 1.86 bits per heavy atom. The van der Waals surface area contributed by atoms with E-state index in [1.807, 2.05) is 0 Å². The fourth-order valence-corrected chi connectivity index (χ4v) is 1.54. The lowest BCUT2D eigenvalue weighted by Gasteiger charge is -1.98. The molecule has 0 aromatic carbocycles. The molecule has 2 saturated carbocycles. The van der Waals surface area contributed by atoms with Crippen molar-refractivity contribution in [3.05, 3.63) is 23.8 Å². The van der Waals surface area contributed by atoms with Gasteiger partial charge in [-0.15, -0.1) is 0 Å². The minimum absolute atomic E-state index is 0.242. The Kier molecular flexibility index (Phi) is 2.85. The van der Waals surface area contributed by atoms with Crippen molar-refractivity contribution in [3.63, 3.8) is 0 Å². The largest absolute Gasteiger partial charge is 0.290 e. The fraction of sp³-hybridized carbons (Fsp3) is 0.615. The van der Waals surface area contributed by atoms with Gasteiger partial charge in [-0.2, -0.15) is 0 Å². The molecule has 76 valence electrons. The standard InChI is InChI=1S/C13H18O/c1-2-12(9-11-5-6-11)13(14)8-7-10-3-4-10/h7-11H,2-6H2,1H3/b8-7+,12-9+. The van der Waals surface area contributed by atoms with Crippen LogP contribution in [-0.4, -0.2) is 5.78 Å². The van der Waals surface area contributed by atoms with Crippen LogP contribution >= 0.6 is 0 Å². The van der Waals surface area contributed by atoms with Gasteiger partial charge >= 0.3 is 0 Å². The van der Waals surface area contributed by atoms with Crippen molar-refractivity contribution < 1.29 is 4.79 Å². The van der Waals surface area contributed by atoms with Gasteiger partial charge in [-0.05, 0) is 55.6 Å². The van der Waals surface area contributed by atoms with Crippen molar-refractivity contribution in [3.8, 4) is 0 Å². The quantitative estimate of drug-likeness (QED) is 0.608. The van der Waals surface area contributed by atoms with Gasteiger partial charge in [0.2, 0.25) is 0 Å². The Hall–Kier alpha value is -0.850. The first kappa shape index (κ1) is 9.70. The molecule has 2 rings (SSSR count). The van der Waals surface area contributed by atoms with Crippen LogP contribution in [0.4, 0.5) is 0 Å². The molecular weight excluding hydrogens is 172 g/mol. The second kappa shape index (κ2) is 4.12. The topological polar surface area (TPSA) is 17.1 Å². The van der Waals surface area contributed by atoms with Gasteiger partial charge in [-0.3, -0.25) is 4.79 Å². The van der Waals surface area contributed by atoms with E-state index in [1.165, 1.54) is 25.7 Å². The molecule has 0 spiro atoms. The summed E-state index contributed by atoms with van der Waals surface area (Å²) >= 11 is 0. The van der Waals surface area contributed by atoms with E-state index in [0.29, 0.717) is 11.8 Å². The summed E-state index contributed by atoms with van der Waals surface area (Å²) in [7, 11) is 0. The molecule has 0 amide bonds. The molecule has 1 nitrogen and oxygen atoms in total. The minimum Gasteiger partial charge on any atom is -0.290 e. The highest BCUT2D eigenvalue weighted by Crippen LogP contribution is 2.32. The lowest BCUT2D eigenvalue weighted by molar-refractivity contribution is -0.111. The van der Waals surface area contributed by atoms with Crippen LogP contribution in [0, 0.1) is 11.8 Å². The van der Waals surface area contributed by atoms with Gasteiger partial charge in [0, 0.05) is 0 Å². The first-order valence-corrected chi connectivity index (χ1v) is 5.73. The molecule has 2 aliphatic carbocycles. The van der Waals surface area contributed by atoms with E-state index in [-0.39, 0.29) is 5.78 Å². The molecule has 14 heavy (non-hydrogen) atoms. The van der Waals surface area contributed by atoms with Crippen molar-refractivity contribution in [2.75, 3.05) is 0 Å². The van der Waals surface area contributed by atoms with E-state index < -0.39 is 0 Å². The first-order valence-electron chi connectivity index (χ1n) is 5.73. The number of rotatable bonds is 5. The van der Waals surface area contributed by atoms with Gasteiger partial charge in [0.1, 0.15) is 0 Å². The van der Waals surface area contributed by atoms with Crippen LogP contribution in [0.3, 0.4) is 0 Å². The molecule has 1 heteroatoms. The summed E-state index contributed by atoms with van der Waals surface area (Å²) in [6.07, 6.45) is 12.0. The third-order valence-corrected chi connectivity index (χ3v) is 2.90. The van der Waals surface area contributed by atoms with Crippen LogP contribution in [0.5, 0.6) is 0 Å². The molecule has 0 atom stereocenters. The lowest BCUT2D eigenvalue weighted by atomic mass is 10.1. The molecule has 0 radical (unpaired) electrons. The number of hydrogen-bond donors (Lipinski definition) is 0. The summed E-state index contributed by atoms with van der Waals surface area (Å²) in [5.41, 5.74) is 1.02. The summed E-state index contributed by atoms with van der Waals surface area (Å²) in [4.78, 5) is 11.7. The van der Waals surface area contributed by atoms with Crippen LogP contribution in [0.25, 0.3) is 0 Å². The van der Waals surface area contributed by atoms with Crippen molar-refractivity contribution in [2.24, 2.45) is 11.8 Å². The minimum atomic E-state index is 0.242. The lowest BCUT2D eigenvalue weighted by Crippen LogP contribution is -1.98. The average Bonchev–Trinajstić information content (AvgIpc) is 3.02. The van der Waals surface area contributed by atoms with Gasteiger partial charge in [-0.1, -0.05) is 19.1 Å². The monoisotopic (exact) mass is 190 g/mol. The van der Waals surface area contributed by atoms with Crippen LogP contribution < -0.4 is 0 Å². The Morgan fingerprint density at radius 3 is 2.36 bits per heavy atom. The highest BCUT2D eigenvalue weighted by molar-refractivity contribution is 6.03. The predicted molar refractivity (Wildman–Crippen MR) is 58.0 cm³/mol. The van der Waals surface area contributed by atoms with Crippen LogP contribution in [0.15, 0.2) is 23.8 Å². The van der Waals surface area contributed by atoms with Gasteiger partial charge in [0.25, 0.3) is 0 Å². The molecule has 2 fully saturated rings. The SMILES string of the molecule is CC/C(=C\C1CC1)C(=O)/C=C/C1CC1. The van der Waals surface area contributed by atoms with E-state index >= 15 is 0 Å². The molecule has 2 aliphatic rings. The molecule has 0 unspecified atom stereocenters. The van der Waals surface area contributed by atoms with E-state index in [9.17, 15) is 4.79 Å². The van der Waals surface area contributed by atoms with Gasteiger partial charge in [0.05, 0.1) is 0 Å². The van der Waals surface area contributed by atoms with Crippen LogP contribution in [-0.2, 0) is 4.79 Å². The Morgan fingerprint density at radius 1 is 1.21 bits per heavy atom. The molecule has 0 aromatic rings. The van der Waals surface area contributed by atoms with Crippen molar-refractivity contribution in [1.82, 2.24) is 0 Å². The van der Waals surface area contributed by atoms with Crippen molar-refractivity contribution in [2.45, 2.75) is 39.0 Å². The second-order valence-corrected chi connectivity index (χ2v) is 4.44. The normalized spacial score (nSPS) is 23.1. The maximum Gasteiger partial charge on any atom is 0.181 e. The third-order valence-electron chi connectivity index (χ3n) is 2.90. The summed E-state index contributed by atoms with van der Waals surface area (Å²) in [5.74, 6) is 1.66. The van der Waals surface area contributed by atoms with E-state index in [0.717, 1.165) is 12.0 Å². The van der Waals surface area contributed by atoms with E-state index in [2.05, 4.69) is 19.1 Å².